The van der Waals surface area contributed by atoms with E-state index in [1.54, 1.807) is 7.05 Å². The van der Waals surface area contributed by atoms with Crippen molar-refractivity contribution in [1.82, 2.24) is 5.32 Å². The molecule has 0 aliphatic rings. The van der Waals surface area contributed by atoms with E-state index >= 15 is 0 Å². The zero-order chi connectivity index (χ0) is 10.6. The highest BCUT2D eigenvalue weighted by atomic mass is 19.1. The van der Waals surface area contributed by atoms with Gasteiger partial charge in [0, 0.05) is 11.3 Å². The molecule has 0 radical (unpaired) electrons. The Morgan fingerprint density at radius 2 is 2.29 bits per heavy atom. The summed E-state index contributed by atoms with van der Waals surface area (Å²) in [5.41, 5.74) is 6.46. The van der Waals surface area contributed by atoms with Gasteiger partial charge >= 0.3 is 0 Å². The van der Waals surface area contributed by atoms with E-state index in [1.165, 1.54) is 18.2 Å². The van der Waals surface area contributed by atoms with Crippen molar-refractivity contribution in [2.45, 2.75) is 12.5 Å². The lowest BCUT2D eigenvalue weighted by Gasteiger charge is -2.12. The molecule has 0 saturated heterocycles. The summed E-state index contributed by atoms with van der Waals surface area (Å²) < 4.78 is 12.7. The van der Waals surface area contributed by atoms with E-state index in [1.807, 2.05) is 0 Å². The third kappa shape index (κ3) is 2.68. The molecule has 4 heteroatoms. The van der Waals surface area contributed by atoms with Gasteiger partial charge in [-0.1, -0.05) is 6.07 Å². The maximum atomic E-state index is 12.7. The Hall–Kier alpha value is -1.13. The van der Waals surface area contributed by atoms with Gasteiger partial charge in [0.15, 0.2) is 0 Å². The summed E-state index contributed by atoms with van der Waals surface area (Å²) >= 11 is 0. The van der Waals surface area contributed by atoms with Crippen LogP contribution in [0, 0.1) is 5.82 Å². The molecule has 0 spiro atoms. The van der Waals surface area contributed by atoms with Gasteiger partial charge in [0.05, 0.1) is 6.10 Å². The summed E-state index contributed by atoms with van der Waals surface area (Å²) in [5.74, 6) is -0.382. The number of anilines is 1. The van der Waals surface area contributed by atoms with Crippen LogP contribution in [0.15, 0.2) is 18.2 Å². The summed E-state index contributed by atoms with van der Waals surface area (Å²) in [6.07, 6.45) is -0.0742. The summed E-state index contributed by atoms with van der Waals surface area (Å²) in [6.45, 7) is 0.692. The van der Waals surface area contributed by atoms with Crippen molar-refractivity contribution in [2.75, 3.05) is 19.3 Å². The Labute approximate surface area is 82.7 Å². The Morgan fingerprint density at radius 3 is 2.86 bits per heavy atom. The maximum Gasteiger partial charge on any atom is 0.125 e. The van der Waals surface area contributed by atoms with Crippen LogP contribution in [0.5, 0.6) is 0 Å². The molecule has 4 N–H and O–H groups in total. The highest BCUT2D eigenvalue weighted by Crippen LogP contribution is 2.23. The van der Waals surface area contributed by atoms with E-state index in [4.69, 9.17) is 5.73 Å². The van der Waals surface area contributed by atoms with Gasteiger partial charge in [-0.2, -0.15) is 0 Å². The van der Waals surface area contributed by atoms with Crippen LogP contribution in [0.4, 0.5) is 10.1 Å². The summed E-state index contributed by atoms with van der Waals surface area (Å²) in [7, 11) is 1.81. The number of hydrogen-bond donors (Lipinski definition) is 3. The number of benzene rings is 1. The van der Waals surface area contributed by atoms with E-state index in [0.29, 0.717) is 24.2 Å². The second-order valence-electron chi connectivity index (χ2n) is 3.18. The first-order valence-electron chi connectivity index (χ1n) is 4.52. The summed E-state index contributed by atoms with van der Waals surface area (Å²) in [5, 5.41) is 12.6. The Morgan fingerprint density at radius 1 is 1.57 bits per heavy atom. The van der Waals surface area contributed by atoms with Gasteiger partial charge in [-0.05, 0) is 32.1 Å². The minimum absolute atomic E-state index is 0.300. The van der Waals surface area contributed by atoms with Crippen LogP contribution in [0.2, 0.25) is 0 Å². The molecule has 78 valence electrons. The van der Waals surface area contributed by atoms with E-state index in [0.717, 1.165) is 0 Å². The quantitative estimate of drug-likeness (QED) is 0.634. The van der Waals surface area contributed by atoms with Crippen molar-refractivity contribution >= 4 is 5.69 Å². The van der Waals surface area contributed by atoms with Crippen molar-refractivity contribution in [1.29, 1.82) is 0 Å². The molecule has 1 aromatic rings. The SMILES string of the molecule is CNCCC(O)c1ccc(F)cc1N. The van der Waals surface area contributed by atoms with Crippen molar-refractivity contribution < 1.29 is 9.50 Å². The fraction of sp³-hybridized carbons (Fsp3) is 0.400. The van der Waals surface area contributed by atoms with Gasteiger partial charge < -0.3 is 16.2 Å². The number of rotatable bonds is 4. The normalized spacial score (nSPS) is 12.8. The zero-order valence-corrected chi connectivity index (χ0v) is 8.13. The molecule has 0 aromatic heterocycles. The van der Waals surface area contributed by atoms with Gasteiger partial charge in [0.1, 0.15) is 5.82 Å². The van der Waals surface area contributed by atoms with Gasteiger partial charge in [0.25, 0.3) is 0 Å². The lowest BCUT2D eigenvalue weighted by molar-refractivity contribution is 0.168. The monoisotopic (exact) mass is 198 g/mol. The molecule has 3 nitrogen and oxygen atoms in total. The molecule has 0 fully saturated rings. The molecule has 14 heavy (non-hydrogen) atoms. The highest BCUT2D eigenvalue weighted by Gasteiger charge is 2.10. The molecular weight excluding hydrogens is 183 g/mol. The molecule has 1 aromatic carbocycles. The summed E-state index contributed by atoms with van der Waals surface area (Å²) in [4.78, 5) is 0. The van der Waals surface area contributed by atoms with E-state index in [2.05, 4.69) is 5.32 Å². The van der Waals surface area contributed by atoms with E-state index in [-0.39, 0.29) is 5.82 Å². The fourth-order valence-electron chi connectivity index (χ4n) is 1.29. The smallest absolute Gasteiger partial charge is 0.125 e. The van der Waals surface area contributed by atoms with Gasteiger partial charge in [-0.3, -0.25) is 0 Å². The number of hydrogen-bond acceptors (Lipinski definition) is 3. The third-order valence-corrected chi connectivity index (χ3v) is 2.08. The molecule has 0 aliphatic heterocycles. The van der Waals surface area contributed by atoms with Crippen LogP contribution in [0.3, 0.4) is 0 Å². The van der Waals surface area contributed by atoms with E-state index < -0.39 is 6.10 Å². The van der Waals surface area contributed by atoms with Gasteiger partial charge in [-0.15, -0.1) is 0 Å². The largest absolute Gasteiger partial charge is 0.398 e. The lowest BCUT2D eigenvalue weighted by Crippen LogP contribution is -2.13. The molecule has 0 saturated carbocycles. The number of aliphatic hydroxyl groups excluding tert-OH is 1. The van der Waals surface area contributed by atoms with Crippen LogP contribution in [-0.4, -0.2) is 18.7 Å². The van der Waals surface area contributed by atoms with Crippen molar-refractivity contribution in [3.63, 3.8) is 0 Å². The Balaban J connectivity index is 2.74. The molecule has 0 heterocycles. The average molecular weight is 198 g/mol. The minimum Gasteiger partial charge on any atom is -0.398 e. The molecule has 1 unspecified atom stereocenters. The number of halogens is 1. The van der Waals surface area contributed by atoms with Crippen LogP contribution in [0.1, 0.15) is 18.1 Å². The predicted molar refractivity (Wildman–Crippen MR) is 54.3 cm³/mol. The Bertz CT molecular complexity index is 304. The fourth-order valence-corrected chi connectivity index (χ4v) is 1.29. The molecule has 0 bridgehead atoms. The number of nitrogens with one attached hydrogen (secondary N) is 1. The first-order chi connectivity index (χ1) is 6.65. The molecule has 1 atom stereocenters. The number of nitrogen functional groups attached to an aromatic ring is 1. The topological polar surface area (TPSA) is 58.3 Å². The lowest BCUT2D eigenvalue weighted by atomic mass is 10.0. The number of nitrogens with two attached hydrogens (primary N) is 1. The van der Waals surface area contributed by atoms with Crippen molar-refractivity contribution in [3.8, 4) is 0 Å². The van der Waals surface area contributed by atoms with Crippen molar-refractivity contribution in [2.24, 2.45) is 0 Å². The standard InChI is InChI=1S/C10H15FN2O/c1-13-5-4-10(14)8-3-2-7(11)6-9(8)12/h2-3,6,10,13-14H,4-5,12H2,1H3. The first kappa shape index (κ1) is 10.9. The molecular formula is C10H15FN2O. The van der Waals surface area contributed by atoms with Crippen molar-refractivity contribution in [3.05, 3.63) is 29.6 Å². The second kappa shape index (κ2) is 4.93. The Kier molecular flexibility index (Phi) is 3.85. The van der Waals surface area contributed by atoms with Crippen LogP contribution >= 0.6 is 0 Å². The van der Waals surface area contributed by atoms with Crippen LogP contribution in [-0.2, 0) is 0 Å². The van der Waals surface area contributed by atoms with Gasteiger partial charge in [-0.25, -0.2) is 4.39 Å². The van der Waals surface area contributed by atoms with Crippen LogP contribution in [0.25, 0.3) is 0 Å². The first-order valence-corrected chi connectivity index (χ1v) is 4.52. The second-order valence-corrected chi connectivity index (χ2v) is 3.18. The highest BCUT2D eigenvalue weighted by molar-refractivity contribution is 5.48. The number of aliphatic hydroxyl groups is 1. The average Bonchev–Trinajstić information content (AvgIpc) is 2.14. The molecule has 0 aliphatic carbocycles. The molecule has 1 rings (SSSR count). The predicted octanol–water partition coefficient (Wildman–Crippen LogP) is 1.05. The minimum atomic E-state index is -0.636. The summed E-state index contributed by atoms with van der Waals surface area (Å²) in [6, 6.07) is 4.04. The van der Waals surface area contributed by atoms with Gasteiger partial charge in [0.2, 0.25) is 0 Å². The third-order valence-electron chi connectivity index (χ3n) is 2.08. The van der Waals surface area contributed by atoms with Crippen LogP contribution < -0.4 is 11.1 Å². The zero-order valence-electron chi connectivity index (χ0n) is 8.13. The van der Waals surface area contributed by atoms with E-state index in [9.17, 15) is 9.50 Å². The maximum absolute atomic E-state index is 12.7. The molecule has 0 amide bonds.